The highest BCUT2D eigenvalue weighted by Gasteiger charge is 2.02. The lowest BCUT2D eigenvalue weighted by Gasteiger charge is -2.05. The van der Waals surface area contributed by atoms with Crippen molar-refractivity contribution in [2.75, 3.05) is 0 Å². The second-order valence-electron chi connectivity index (χ2n) is 4.46. The first kappa shape index (κ1) is 11.2. The van der Waals surface area contributed by atoms with Gasteiger partial charge in [-0.05, 0) is 36.0 Å². The smallest absolute Gasteiger partial charge is 0.0157 e. The Hall–Kier alpha value is -1.30. The maximum Gasteiger partial charge on any atom is -0.0157 e. The minimum absolute atomic E-state index is 1.09. The molecular formula is C16H20. The highest BCUT2D eigenvalue weighted by Crippen LogP contribution is 2.22. The molecule has 0 amide bonds. The molecule has 0 heteroatoms. The summed E-state index contributed by atoms with van der Waals surface area (Å²) >= 11 is 0. The van der Waals surface area contributed by atoms with E-state index in [1.807, 2.05) is 0 Å². The van der Waals surface area contributed by atoms with Gasteiger partial charge in [0.1, 0.15) is 0 Å². The van der Waals surface area contributed by atoms with E-state index in [1.165, 1.54) is 42.4 Å². The molecule has 0 nitrogen and oxygen atoms in total. The molecule has 0 fully saturated rings. The zero-order valence-electron chi connectivity index (χ0n) is 10.1. The number of allylic oxidation sites excluding steroid dienone is 4. The number of hydrogen-bond donors (Lipinski definition) is 0. The van der Waals surface area contributed by atoms with Gasteiger partial charge in [-0.15, -0.1) is 0 Å². The van der Waals surface area contributed by atoms with Crippen LogP contribution in [0.25, 0.3) is 5.57 Å². The Labute approximate surface area is 98.7 Å². The molecule has 0 aliphatic heterocycles. The SMILES string of the molecule is CCCCCc1cccc(C2=CCC=C2)c1. The summed E-state index contributed by atoms with van der Waals surface area (Å²) in [4.78, 5) is 0. The summed E-state index contributed by atoms with van der Waals surface area (Å²) in [6.07, 6.45) is 13.0. The fourth-order valence-electron chi connectivity index (χ4n) is 2.16. The van der Waals surface area contributed by atoms with Crippen molar-refractivity contribution in [3.63, 3.8) is 0 Å². The van der Waals surface area contributed by atoms with Crippen LogP contribution in [0.4, 0.5) is 0 Å². The van der Waals surface area contributed by atoms with Crippen LogP contribution in [0.15, 0.2) is 42.5 Å². The molecule has 1 aromatic rings. The van der Waals surface area contributed by atoms with Crippen molar-refractivity contribution in [1.29, 1.82) is 0 Å². The molecule has 1 aliphatic rings. The maximum atomic E-state index is 2.34. The average Bonchev–Trinajstić information content (AvgIpc) is 2.83. The molecule has 0 aromatic heterocycles. The summed E-state index contributed by atoms with van der Waals surface area (Å²) in [6, 6.07) is 8.99. The molecule has 16 heavy (non-hydrogen) atoms. The van der Waals surface area contributed by atoms with Gasteiger partial charge in [0.05, 0.1) is 0 Å². The first-order valence-electron chi connectivity index (χ1n) is 6.36. The molecular weight excluding hydrogens is 192 g/mol. The van der Waals surface area contributed by atoms with Crippen LogP contribution in [0.1, 0.15) is 43.7 Å². The Morgan fingerprint density at radius 1 is 1.19 bits per heavy atom. The Bertz CT molecular complexity index is 396. The van der Waals surface area contributed by atoms with Crippen LogP contribution in [-0.4, -0.2) is 0 Å². The van der Waals surface area contributed by atoms with Gasteiger partial charge in [0.15, 0.2) is 0 Å². The maximum absolute atomic E-state index is 2.34. The van der Waals surface area contributed by atoms with E-state index in [-0.39, 0.29) is 0 Å². The van der Waals surface area contributed by atoms with Crippen LogP contribution in [0.5, 0.6) is 0 Å². The highest BCUT2D eigenvalue weighted by atomic mass is 14.1. The zero-order valence-corrected chi connectivity index (χ0v) is 10.1. The van der Waals surface area contributed by atoms with Gasteiger partial charge in [0.2, 0.25) is 0 Å². The normalized spacial score (nSPS) is 14.2. The van der Waals surface area contributed by atoms with Crippen molar-refractivity contribution in [2.24, 2.45) is 0 Å². The molecule has 0 radical (unpaired) electrons. The van der Waals surface area contributed by atoms with Crippen molar-refractivity contribution in [3.8, 4) is 0 Å². The van der Waals surface area contributed by atoms with E-state index in [0.29, 0.717) is 0 Å². The topological polar surface area (TPSA) is 0 Å². The summed E-state index contributed by atoms with van der Waals surface area (Å²) in [5, 5.41) is 0. The Kier molecular flexibility index (Phi) is 3.98. The lowest BCUT2D eigenvalue weighted by atomic mass is 10.0. The van der Waals surface area contributed by atoms with Crippen molar-refractivity contribution in [1.82, 2.24) is 0 Å². The van der Waals surface area contributed by atoms with E-state index in [9.17, 15) is 0 Å². The third-order valence-electron chi connectivity index (χ3n) is 3.10. The number of unbranched alkanes of at least 4 members (excludes halogenated alkanes) is 2. The van der Waals surface area contributed by atoms with Gasteiger partial charge in [0, 0.05) is 0 Å². The summed E-state index contributed by atoms with van der Waals surface area (Å²) in [5.74, 6) is 0. The fraction of sp³-hybridized carbons (Fsp3) is 0.375. The van der Waals surface area contributed by atoms with Gasteiger partial charge in [-0.1, -0.05) is 62.3 Å². The third-order valence-corrected chi connectivity index (χ3v) is 3.10. The Morgan fingerprint density at radius 2 is 2.12 bits per heavy atom. The van der Waals surface area contributed by atoms with E-state index in [0.717, 1.165) is 6.42 Å². The highest BCUT2D eigenvalue weighted by molar-refractivity contribution is 5.76. The molecule has 0 heterocycles. The quantitative estimate of drug-likeness (QED) is 0.617. The third kappa shape index (κ3) is 2.85. The second-order valence-corrected chi connectivity index (χ2v) is 4.46. The van der Waals surface area contributed by atoms with Gasteiger partial charge >= 0.3 is 0 Å². The molecule has 0 N–H and O–H groups in total. The van der Waals surface area contributed by atoms with E-state index in [1.54, 1.807) is 0 Å². The minimum atomic E-state index is 1.09. The summed E-state index contributed by atoms with van der Waals surface area (Å²) in [7, 11) is 0. The van der Waals surface area contributed by atoms with Crippen LogP contribution < -0.4 is 0 Å². The van der Waals surface area contributed by atoms with Crippen molar-refractivity contribution in [3.05, 3.63) is 53.6 Å². The molecule has 0 bridgehead atoms. The van der Waals surface area contributed by atoms with Crippen molar-refractivity contribution < 1.29 is 0 Å². The average molecular weight is 212 g/mol. The predicted molar refractivity (Wildman–Crippen MR) is 71.4 cm³/mol. The van der Waals surface area contributed by atoms with Crippen molar-refractivity contribution >= 4 is 5.57 Å². The Morgan fingerprint density at radius 3 is 2.88 bits per heavy atom. The molecule has 0 saturated heterocycles. The van der Waals surface area contributed by atoms with Gasteiger partial charge in [-0.3, -0.25) is 0 Å². The van der Waals surface area contributed by atoms with Gasteiger partial charge < -0.3 is 0 Å². The number of aryl methyl sites for hydroxylation is 1. The van der Waals surface area contributed by atoms with E-state index in [4.69, 9.17) is 0 Å². The van der Waals surface area contributed by atoms with Gasteiger partial charge in [-0.2, -0.15) is 0 Å². The molecule has 0 spiro atoms. The minimum Gasteiger partial charge on any atom is -0.0801 e. The monoisotopic (exact) mass is 212 g/mol. The molecule has 0 unspecified atom stereocenters. The summed E-state index contributed by atoms with van der Waals surface area (Å²) in [6.45, 7) is 2.25. The van der Waals surface area contributed by atoms with E-state index >= 15 is 0 Å². The van der Waals surface area contributed by atoms with Crippen molar-refractivity contribution in [2.45, 2.75) is 39.0 Å². The largest absolute Gasteiger partial charge is 0.0801 e. The zero-order chi connectivity index (χ0) is 11.2. The second kappa shape index (κ2) is 5.69. The van der Waals surface area contributed by atoms with Gasteiger partial charge in [-0.25, -0.2) is 0 Å². The molecule has 2 rings (SSSR count). The number of benzene rings is 1. The first-order valence-corrected chi connectivity index (χ1v) is 6.36. The van der Waals surface area contributed by atoms with Gasteiger partial charge in [0.25, 0.3) is 0 Å². The fourth-order valence-corrected chi connectivity index (χ4v) is 2.16. The predicted octanol–water partition coefficient (Wildman–Crippen LogP) is 4.76. The summed E-state index contributed by atoms with van der Waals surface area (Å²) in [5.41, 5.74) is 4.24. The number of hydrogen-bond acceptors (Lipinski definition) is 0. The molecule has 1 aliphatic carbocycles. The van der Waals surface area contributed by atoms with Crippen LogP contribution in [0.2, 0.25) is 0 Å². The van der Waals surface area contributed by atoms with E-state index < -0.39 is 0 Å². The molecule has 0 saturated carbocycles. The molecule has 84 valence electrons. The molecule has 1 aromatic carbocycles. The lowest BCUT2D eigenvalue weighted by molar-refractivity contribution is 0.717. The Balaban J connectivity index is 2.04. The number of rotatable bonds is 5. The van der Waals surface area contributed by atoms with Crippen LogP contribution in [-0.2, 0) is 6.42 Å². The van der Waals surface area contributed by atoms with Crippen LogP contribution >= 0.6 is 0 Å². The van der Waals surface area contributed by atoms with Crippen LogP contribution in [0, 0.1) is 0 Å². The lowest BCUT2D eigenvalue weighted by Crippen LogP contribution is -1.87. The first-order chi connectivity index (χ1) is 7.90. The standard InChI is InChI=1S/C16H20/c1-2-3-4-8-14-9-7-12-16(13-14)15-10-5-6-11-15/h5,7,9-13H,2-4,6,8H2,1H3. The van der Waals surface area contributed by atoms with Crippen LogP contribution in [0.3, 0.4) is 0 Å². The molecule has 0 atom stereocenters. The summed E-state index contributed by atoms with van der Waals surface area (Å²) < 4.78 is 0. The van der Waals surface area contributed by atoms with E-state index in [2.05, 4.69) is 49.4 Å².